The van der Waals surface area contributed by atoms with Gasteiger partial charge in [-0.2, -0.15) is 0 Å². The molecule has 2 N–H and O–H groups in total. The Bertz CT molecular complexity index is 787. The summed E-state index contributed by atoms with van der Waals surface area (Å²) in [5, 5.41) is 5.63. The van der Waals surface area contributed by atoms with E-state index in [-0.39, 0.29) is 17.9 Å². The Kier molecular flexibility index (Phi) is 4.88. The number of anilines is 1. The largest absolute Gasteiger partial charge is 0.486 e. The maximum atomic E-state index is 12.4. The van der Waals surface area contributed by atoms with Crippen molar-refractivity contribution < 1.29 is 19.1 Å². The predicted octanol–water partition coefficient (Wildman–Crippen LogP) is 2.91. The minimum atomic E-state index is -0.184. The summed E-state index contributed by atoms with van der Waals surface area (Å²) in [6, 6.07) is 12.2. The number of fused-ring (bicyclic) bond motifs is 1. The van der Waals surface area contributed by atoms with Gasteiger partial charge in [0.05, 0.1) is 6.04 Å². The van der Waals surface area contributed by atoms with Gasteiger partial charge >= 0.3 is 0 Å². The lowest BCUT2D eigenvalue weighted by molar-refractivity contribution is -0.114. The van der Waals surface area contributed by atoms with E-state index >= 15 is 0 Å². The van der Waals surface area contributed by atoms with Gasteiger partial charge in [0, 0.05) is 18.2 Å². The Morgan fingerprint density at radius 1 is 1.00 bits per heavy atom. The summed E-state index contributed by atoms with van der Waals surface area (Å²) < 4.78 is 11.1. The highest BCUT2D eigenvalue weighted by atomic mass is 16.6. The molecule has 6 heteroatoms. The Morgan fingerprint density at radius 2 is 1.68 bits per heavy atom. The van der Waals surface area contributed by atoms with E-state index in [9.17, 15) is 9.59 Å². The molecule has 0 saturated carbocycles. The van der Waals surface area contributed by atoms with Crippen LogP contribution >= 0.6 is 0 Å². The number of nitrogens with one attached hydrogen (secondary N) is 2. The molecule has 1 heterocycles. The van der Waals surface area contributed by atoms with Crippen molar-refractivity contribution in [3.05, 3.63) is 53.6 Å². The zero-order chi connectivity index (χ0) is 17.8. The van der Waals surface area contributed by atoms with Crippen molar-refractivity contribution in [1.29, 1.82) is 0 Å². The van der Waals surface area contributed by atoms with Crippen molar-refractivity contribution in [2.75, 3.05) is 18.5 Å². The van der Waals surface area contributed by atoms with Crippen molar-refractivity contribution in [1.82, 2.24) is 5.32 Å². The molecule has 0 aromatic heterocycles. The van der Waals surface area contributed by atoms with Gasteiger partial charge in [0.15, 0.2) is 11.5 Å². The van der Waals surface area contributed by atoms with Crippen LogP contribution < -0.4 is 20.1 Å². The summed E-state index contributed by atoms with van der Waals surface area (Å²) in [4.78, 5) is 23.4. The average Bonchev–Trinajstić information content (AvgIpc) is 2.61. The highest BCUT2D eigenvalue weighted by Gasteiger charge is 2.16. The van der Waals surface area contributed by atoms with Gasteiger partial charge in [0.25, 0.3) is 5.91 Å². The second kappa shape index (κ2) is 7.25. The third kappa shape index (κ3) is 4.09. The molecule has 1 aliphatic heterocycles. The van der Waals surface area contributed by atoms with Gasteiger partial charge in [0.2, 0.25) is 5.91 Å². The first kappa shape index (κ1) is 16.8. The quantitative estimate of drug-likeness (QED) is 0.897. The molecule has 130 valence electrons. The molecular formula is C19H20N2O4. The minimum absolute atomic E-state index is 0.149. The second-order valence-electron chi connectivity index (χ2n) is 5.86. The molecule has 3 rings (SSSR count). The SMILES string of the molecule is CC(=O)Nc1ccc(C(=O)N[C@@H](C)c2ccc3c(c2)OCCO3)cc1. The van der Waals surface area contributed by atoms with E-state index in [0.717, 1.165) is 11.3 Å². The standard InChI is InChI=1S/C19H20N2O4/c1-12(15-5-8-17-18(11-15)25-10-9-24-17)20-19(23)14-3-6-16(7-4-14)21-13(2)22/h3-8,11-12H,9-10H2,1-2H3,(H,20,23)(H,21,22)/t12-/m0/s1. The van der Waals surface area contributed by atoms with E-state index < -0.39 is 0 Å². The Balaban J connectivity index is 1.66. The summed E-state index contributed by atoms with van der Waals surface area (Å²) in [5.41, 5.74) is 2.12. The van der Waals surface area contributed by atoms with Crippen LogP contribution in [0.3, 0.4) is 0 Å². The van der Waals surface area contributed by atoms with Crippen LogP contribution in [0.25, 0.3) is 0 Å². The van der Waals surface area contributed by atoms with E-state index in [4.69, 9.17) is 9.47 Å². The van der Waals surface area contributed by atoms with Crippen LogP contribution in [0.5, 0.6) is 11.5 Å². The number of benzene rings is 2. The van der Waals surface area contributed by atoms with Gasteiger partial charge in [-0.1, -0.05) is 6.07 Å². The van der Waals surface area contributed by atoms with Crippen molar-refractivity contribution in [3.8, 4) is 11.5 Å². The predicted molar refractivity (Wildman–Crippen MR) is 94.1 cm³/mol. The lowest BCUT2D eigenvalue weighted by atomic mass is 10.1. The summed E-state index contributed by atoms with van der Waals surface area (Å²) in [5.74, 6) is 1.09. The van der Waals surface area contributed by atoms with Crippen LogP contribution in [0, 0.1) is 0 Å². The average molecular weight is 340 g/mol. The lowest BCUT2D eigenvalue weighted by Crippen LogP contribution is -2.26. The topological polar surface area (TPSA) is 76.7 Å². The highest BCUT2D eigenvalue weighted by Crippen LogP contribution is 2.32. The van der Waals surface area contributed by atoms with Crippen molar-refractivity contribution in [2.45, 2.75) is 19.9 Å². The molecule has 0 bridgehead atoms. The van der Waals surface area contributed by atoms with Crippen LogP contribution in [0.1, 0.15) is 35.8 Å². The van der Waals surface area contributed by atoms with Gasteiger partial charge in [-0.25, -0.2) is 0 Å². The first-order chi connectivity index (χ1) is 12.0. The molecule has 0 spiro atoms. The maximum Gasteiger partial charge on any atom is 0.251 e. The summed E-state index contributed by atoms with van der Waals surface area (Å²) >= 11 is 0. The Labute approximate surface area is 146 Å². The fourth-order valence-corrected chi connectivity index (χ4v) is 2.60. The van der Waals surface area contributed by atoms with Crippen molar-refractivity contribution in [2.24, 2.45) is 0 Å². The molecule has 0 unspecified atom stereocenters. The summed E-state index contributed by atoms with van der Waals surface area (Å²) in [6.45, 7) is 4.43. The van der Waals surface area contributed by atoms with Gasteiger partial charge in [0.1, 0.15) is 13.2 Å². The van der Waals surface area contributed by atoms with Crippen molar-refractivity contribution >= 4 is 17.5 Å². The number of ether oxygens (including phenoxy) is 2. The fraction of sp³-hybridized carbons (Fsp3) is 0.263. The third-order valence-electron chi connectivity index (χ3n) is 3.88. The molecule has 0 aliphatic carbocycles. The lowest BCUT2D eigenvalue weighted by Gasteiger charge is -2.21. The van der Waals surface area contributed by atoms with E-state index in [2.05, 4.69) is 10.6 Å². The van der Waals surface area contributed by atoms with Crippen LogP contribution in [-0.2, 0) is 4.79 Å². The van der Waals surface area contributed by atoms with Gasteiger partial charge in [-0.15, -0.1) is 0 Å². The molecule has 2 amide bonds. The third-order valence-corrected chi connectivity index (χ3v) is 3.88. The fourth-order valence-electron chi connectivity index (χ4n) is 2.60. The number of hydrogen-bond donors (Lipinski definition) is 2. The summed E-state index contributed by atoms with van der Waals surface area (Å²) in [7, 11) is 0. The minimum Gasteiger partial charge on any atom is -0.486 e. The molecule has 1 aliphatic rings. The van der Waals surface area contributed by atoms with Crippen LogP contribution in [0.4, 0.5) is 5.69 Å². The first-order valence-corrected chi connectivity index (χ1v) is 8.11. The maximum absolute atomic E-state index is 12.4. The molecule has 0 fully saturated rings. The Morgan fingerprint density at radius 3 is 2.36 bits per heavy atom. The molecule has 1 atom stereocenters. The van der Waals surface area contributed by atoms with Gasteiger partial charge in [-0.3, -0.25) is 9.59 Å². The molecular weight excluding hydrogens is 320 g/mol. The number of amides is 2. The highest BCUT2D eigenvalue weighted by molar-refractivity contribution is 5.95. The Hall–Kier alpha value is -3.02. The van der Waals surface area contributed by atoms with E-state index in [1.54, 1.807) is 24.3 Å². The number of carbonyl (C=O) groups is 2. The van der Waals surface area contributed by atoms with Crippen LogP contribution in [-0.4, -0.2) is 25.0 Å². The summed E-state index contributed by atoms with van der Waals surface area (Å²) in [6.07, 6.45) is 0. The van der Waals surface area contributed by atoms with Gasteiger partial charge in [-0.05, 0) is 48.9 Å². The van der Waals surface area contributed by atoms with Crippen LogP contribution in [0.15, 0.2) is 42.5 Å². The first-order valence-electron chi connectivity index (χ1n) is 8.11. The molecule has 6 nitrogen and oxygen atoms in total. The molecule has 2 aromatic carbocycles. The smallest absolute Gasteiger partial charge is 0.251 e. The van der Waals surface area contributed by atoms with E-state index in [1.807, 2.05) is 25.1 Å². The van der Waals surface area contributed by atoms with Crippen LogP contribution in [0.2, 0.25) is 0 Å². The van der Waals surface area contributed by atoms with E-state index in [1.165, 1.54) is 6.92 Å². The molecule has 25 heavy (non-hydrogen) atoms. The zero-order valence-corrected chi connectivity index (χ0v) is 14.2. The molecule has 0 saturated heterocycles. The zero-order valence-electron chi connectivity index (χ0n) is 14.2. The van der Waals surface area contributed by atoms with Crippen molar-refractivity contribution in [3.63, 3.8) is 0 Å². The number of carbonyl (C=O) groups excluding carboxylic acids is 2. The number of rotatable bonds is 4. The van der Waals surface area contributed by atoms with E-state index in [0.29, 0.717) is 30.2 Å². The number of hydrogen-bond acceptors (Lipinski definition) is 4. The molecule has 2 aromatic rings. The monoisotopic (exact) mass is 340 g/mol. The van der Waals surface area contributed by atoms with Gasteiger partial charge < -0.3 is 20.1 Å². The normalized spacial score (nSPS) is 13.7. The molecule has 0 radical (unpaired) electrons. The second-order valence-corrected chi connectivity index (χ2v) is 5.86.